The fourth-order valence-corrected chi connectivity index (χ4v) is 3.03. The van der Waals surface area contributed by atoms with E-state index in [1.54, 1.807) is 23.7 Å². The number of pyridine rings is 1. The Labute approximate surface area is 121 Å². The molecule has 3 aromatic rings. The van der Waals surface area contributed by atoms with E-state index in [0.717, 1.165) is 15.6 Å². The summed E-state index contributed by atoms with van der Waals surface area (Å²) in [6, 6.07) is 14.2. The molecule has 0 radical (unpaired) electrons. The van der Waals surface area contributed by atoms with E-state index in [0.29, 0.717) is 0 Å². The van der Waals surface area contributed by atoms with Gasteiger partial charge in [0, 0.05) is 18.0 Å². The van der Waals surface area contributed by atoms with Gasteiger partial charge < -0.3 is 5.32 Å². The van der Waals surface area contributed by atoms with Crippen LogP contribution in [0, 0.1) is 0 Å². The predicted molar refractivity (Wildman–Crippen MR) is 80.5 cm³/mol. The predicted octanol–water partition coefficient (Wildman–Crippen LogP) is 2.91. The number of nitrogens with one attached hydrogen (secondary N) is 1. The number of benzene rings is 1. The van der Waals surface area contributed by atoms with Crippen molar-refractivity contribution in [1.82, 2.24) is 20.5 Å². The maximum absolute atomic E-state index is 4.33. The van der Waals surface area contributed by atoms with Gasteiger partial charge in [0.2, 0.25) is 0 Å². The molecule has 0 saturated heterocycles. The van der Waals surface area contributed by atoms with Crippen molar-refractivity contribution >= 4 is 11.3 Å². The molecule has 3 rings (SSSR count). The molecule has 0 bridgehead atoms. The summed E-state index contributed by atoms with van der Waals surface area (Å²) < 4.78 is 0. The Balaban J connectivity index is 1.93. The summed E-state index contributed by atoms with van der Waals surface area (Å²) in [5.41, 5.74) is 2.24. The van der Waals surface area contributed by atoms with Crippen molar-refractivity contribution in [3.63, 3.8) is 0 Å². The molecule has 0 aliphatic heterocycles. The van der Waals surface area contributed by atoms with Gasteiger partial charge in [-0.2, -0.15) is 0 Å². The Morgan fingerprint density at radius 3 is 2.45 bits per heavy atom. The van der Waals surface area contributed by atoms with Gasteiger partial charge in [-0.05, 0) is 24.7 Å². The van der Waals surface area contributed by atoms with Crippen LogP contribution < -0.4 is 5.32 Å². The van der Waals surface area contributed by atoms with Crippen LogP contribution in [0.3, 0.4) is 0 Å². The lowest BCUT2D eigenvalue weighted by molar-refractivity contribution is 0.678. The molecule has 100 valence electrons. The smallest absolute Gasteiger partial charge is 0.147 e. The maximum Gasteiger partial charge on any atom is 0.147 e. The molecule has 1 atom stereocenters. The lowest BCUT2D eigenvalue weighted by Crippen LogP contribution is -2.17. The summed E-state index contributed by atoms with van der Waals surface area (Å²) in [5.74, 6) is 0. The number of hydrogen-bond acceptors (Lipinski definition) is 5. The first-order valence-electron chi connectivity index (χ1n) is 6.34. The maximum atomic E-state index is 4.33. The van der Waals surface area contributed by atoms with E-state index in [1.807, 2.05) is 37.4 Å². The average molecular weight is 282 g/mol. The average Bonchev–Trinajstić information content (AvgIpc) is 3.00. The quantitative estimate of drug-likeness (QED) is 0.799. The summed E-state index contributed by atoms with van der Waals surface area (Å²) in [6.45, 7) is 0. The van der Waals surface area contributed by atoms with Crippen molar-refractivity contribution in [1.29, 1.82) is 0 Å². The summed E-state index contributed by atoms with van der Waals surface area (Å²) in [7, 11) is 1.94. The summed E-state index contributed by atoms with van der Waals surface area (Å²) >= 11 is 1.60. The highest BCUT2D eigenvalue weighted by atomic mass is 32.1. The van der Waals surface area contributed by atoms with Gasteiger partial charge in [0.1, 0.15) is 10.0 Å². The first-order valence-corrected chi connectivity index (χ1v) is 7.16. The lowest BCUT2D eigenvalue weighted by atomic mass is 10.1. The Kier molecular flexibility index (Phi) is 3.80. The SMILES string of the molecule is CNC(c1ccccc1)c1nnc(-c2ccncc2)s1. The van der Waals surface area contributed by atoms with Crippen LogP contribution >= 0.6 is 11.3 Å². The minimum atomic E-state index is 0.0734. The van der Waals surface area contributed by atoms with Crippen LogP contribution in [0.15, 0.2) is 54.9 Å². The second kappa shape index (κ2) is 5.90. The highest BCUT2D eigenvalue weighted by molar-refractivity contribution is 7.14. The molecule has 1 unspecified atom stereocenters. The third kappa shape index (κ3) is 2.59. The summed E-state index contributed by atoms with van der Waals surface area (Å²) in [4.78, 5) is 4.02. The van der Waals surface area contributed by atoms with Crippen LogP contribution in [0.25, 0.3) is 10.6 Å². The minimum Gasteiger partial charge on any atom is -0.307 e. The molecule has 2 heterocycles. The molecule has 0 aliphatic rings. The minimum absolute atomic E-state index is 0.0734. The van der Waals surface area contributed by atoms with Crippen molar-refractivity contribution in [3.8, 4) is 10.6 Å². The zero-order valence-electron chi connectivity index (χ0n) is 11.0. The van der Waals surface area contributed by atoms with Gasteiger partial charge in [0.05, 0.1) is 6.04 Å². The van der Waals surface area contributed by atoms with Gasteiger partial charge in [0.25, 0.3) is 0 Å². The largest absolute Gasteiger partial charge is 0.307 e. The number of rotatable bonds is 4. The normalized spacial score (nSPS) is 12.2. The van der Waals surface area contributed by atoms with Crippen LogP contribution in [-0.2, 0) is 0 Å². The highest BCUT2D eigenvalue weighted by Crippen LogP contribution is 2.29. The van der Waals surface area contributed by atoms with Crippen molar-refractivity contribution in [2.24, 2.45) is 0 Å². The molecule has 5 heteroatoms. The molecule has 1 aromatic carbocycles. The van der Waals surface area contributed by atoms with Crippen molar-refractivity contribution in [3.05, 3.63) is 65.4 Å². The number of hydrogen-bond donors (Lipinski definition) is 1. The Morgan fingerprint density at radius 1 is 1.00 bits per heavy atom. The van der Waals surface area contributed by atoms with Gasteiger partial charge in [-0.1, -0.05) is 41.7 Å². The van der Waals surface area contributed by atoms with Crippen molar-refractivity contribution in [2.45, 2.75) is 6.04 Å². The Hall–Kier alpha value is -2.11. The second-order valence-corrected chi connectivity index (χ2v) is 5.32. The van der Waals surface area contributed by atoms with Gasteiger partial charge in [-0.15, -0.1) is 10.2 Å². The topological polar surface area (TPSA) is 50.7 Å². The Morgan fingerprint density at radius 2 is 1.75 bits per heavy atom. The van der Waals surface area contributed by atoms with Crippen molar-refractivity contribution < 1.29 is 0 Å². The van der Waals surface area contributed by atoms with E-state index in [-0.39, 0.29) is 6.04 Å². The fourth-order valence-electron chi connectivity index (χ4n) is 2.04. The van der Waals surface area contributed by atoms with E-state index in [1.165, 1.54) is 5.56 Å². The molecule has 0 saturated carbocycles. The van der Waals surface area contributed by atoms with E-state index in [4.69, 9.17) is 0 Å². The molecule has 0 aliphatic carbocycles. The third-order valence-corrected chi connectivity index (χ3v) is 4.07. The Bertz CT molecular complexity index is 667. The van der Waals surface area contributed by atoms with E-state index < -0.39 is 0 Å². The molecule has 4 nitrogen and oxygen atoms in total. The van der Waals surface area contributed by atoms with Crippen LogP contribution in [-0.4, -0.2) is 22.2 Å². The van der Waals surface area contributed by atoms with Gasteiger partial charge in [-0.3, -0.25) is 4.98 Å². The molecule has 0 spiro atoms. The monoisotopic (exact) mass is 282 g/mol. The van der Waals surface area contributed by atoms with Crippen LogP contribution in [0.5, 0.6) is 0 Å². The fraction of sp³-hybridized carbons (Fsp3) is 0.133. The van der Waals surface area contributed by atoms with Crippen molar-refractivity contribution in [2.75, 3.05) is 7.05 Å². The molecule has 0 amide bonds. The van der Waals surface area contributed by atoms with Gasteiger partial charge >= 0.3 is 0 Å². The second-order valence-electron chi connectivity index (χ2n) is 4.31. The molecular weight excluding hydrogens is 268 g/mol. The highest BCUT2D eigenvalue weighted by Gasteiger charge is 2.17. The summed E-state index contributed by atoms with van der Waals surface area (Å²) in [6.07, 6.45) is 3.53. The van der Waals surface area contributed by atoms with E-state index in [2.05, 4.69) is 32.6 Å². The van der Waals surface area contributed by atoms with Crippen LogP contribution in [0.2, 0.25) is 0 Å². The number of aromatic nitrogens is 3. The number of nitrogens with zero attached hydrogens (tertiary/aromatic N) is 3. The van der Waals surface area contributed by atoms with Gasteiger partial charge in [-0.25, -0.2) is 0 Å². The van der Waals surface area contributed by atoms with E-state index >= 15 is 0 Å². The zero-order chi connectivity index (χ0) is 13.8. The zero-order valence-corrected chi connectivity index (χ0v) is 11.8. The first-order chi connectivity index (χ1) is 9.88. The summed E-state index contributed by atoms with van der Waals surface area (Å²) in [5, 5.41) is 13.8. The first kappa shape index (κ1) is 12.9. The molecule has 2 aromatic heterocycles. The lowest BCUT2D eigenvalue weighted by Gasteiger charge is -2.12. The molecule has 1 N–H and O–H groups in total. The standard InChI is InChI=1S/C15H14N4S/c1-16-13(11-5-3-2-4-6-11)15-19-18-14(20-15)12-7-9-17-10-8-12/h2-10,13,16H,1H3. The van der Waals surface area contributed by atoms with E-state index in [9.17, 15) is 0 Å². The van der Waals surface area contributed by atoms with Gasteiger partial charge in [0.15, 0.2) is 0 Å². The molecular formula is C15H14N4S. The van der Waals surface area contributed by atoms with Crippen LogP contribution in [0.4, 0.5) is 0 Å². The molecule has 20 heavy (non-hydrogen) atoms. The third-order valence-electron chi connectivity index (χ3n) is 3.04. The molecule has 0 fully saturated rings. The van der Waals surface area contributed by atoms with Crippen LogP contribution in [0.1, 0.15) is 16.6 Å².